The molecule has 0 radical (unpaired) electrons. The van der Waals surface area contributed by atoms with Gasteiger partial charge in [0.05, 0.1) is 0 Å². The topological polar surface area (TPSA) is 21.7 Å². The molecule has 0 amide bonds. The Kier molecular flexibility index (Phi) is 2.25. The lowest BCUT2D eigenvalue weighted by atomic mass is 10.1. The first-order chi connectivity index (χ1) is 7.43. The monoisotopic (exact) mass is 205 g/mol. The number of ether oxygens (including phenoxy) is 2. The van der Waals surface area contributed by atoms with Crippen LogP contribution >= 0.6 is 0 Å². The average molecular weight is 205 g/mol. The third kappa shape index (κ3) is 1.67. The maximum atomic E-state index is 5.75. The van der Waals surface area contributed by atoms with E-state index in [-0.39, 0.29) is 6.41 Å². The van der Waals surface area contributed by atoms with Gasteiger partial charge in [0.2, 0.25) is 0 Å². The summed E-state index contributed by atoms with van der Waals surface area (Å²) in [6.45, 7) is 2.16. The van der Waals surface area contributed by atoms with Crippen molar-refractivity contribution in [2.75, 3.05) is 13.1 Å². The summed E-state index contributed by atoms with van der Waals surface area (Å²) in [5.74, 6) is 1.74. The molecule has 1 fully saturated rings. The number of fused-ring (bicyclic) bond motifs is 1. The molecule has 0 unspecified atom stereocenters. The number of benzene rings is 1. The number of nitrogens with zero attached hydrogens (tertiary/aromatic N) is 1. The van der Waals surface area contributed by atoms with Crippen molar-refractivity contribution in [3.05, 3.63) is 24.3 Å². The molecular formula is C12H15NO2. The molecule has 0 spiro atoms. The van der Waals surface area contributed by atoms with Gasteiger partial charge in [0.15, 0.2) is 11.5 Å². The van der Waals surface area contributed by atoms with E-state index >= 15 is 0 Å². The third-order valence-electron chi connectivity index (χ3n) is 2.99. The molecule has 3 rings (SSSR count). The molecule has 0 aliphatic carbocycles. The zero-order chi connectivity index (χ0) is 10.1. The van der Waals surface area contributed by atoms with Gasteiger partial charge in [-0.05, 0) is 25.0 Å². The molecule has 2 heterocycles. The fraction of sp³-hybridized carbons (Fsp3) is 0.500. The Labute approximate surface area is 89.6 Å². The SMILES string of the molecule is c1ccc2c(c1)OC(N1CCCCC1)O2. The summed E-state index contributed by atoms with van der Waals surface area (Å²) in [7, 11) is 0. The van der Waals surface area contributed by atoms with Crippen LogP contribution in [0.2, 0.25) is 0 Å². The molecule has 1 aromatic carbocycles. The van der Waals surface area contributed by atoms with E-state index in [2.05, 4.69) is 4.90 Å². The van der Waals surface area contributed by atoms with Crippen LogP contribution in [0.4, 0.5) is 0 Å². The van der Waals surface area contributed by atoms with Crippen LogP contribution in [0.15, 0.2) is 24.3 Å². The van der Waals surface area contributed by atoms with Gasteiger partial charge in [0, 0.05) is 13.1 Å². The molecule has 2 aliphatic rings. The fourth-order valence-electron chi connectivity index (χ4n) is 2.16. The zero-order valence-corrected chi connectivity index (χ0v) is 8.69. The summed E-state index contributed by atoms with van der Waals surface area (Å²) in [5, 5.41) is 0. The van der Waals surface area contributed by atoms with Crippen molar-refractivity contribution in [3.8, 4) is 11.5 Å². The first-order valence-corrected chi connectivity index (χ1v) is 5.60. The minimum absolute atomic E-state index is 0.192. The summed E-state index contributed by atoms with van der Waals surface area (Å²) in [4.78, 5) is 2.27. The highest BCUT2D eigenvalue weighted by molar-refractivity contribution is 5.41. The Morgan fingerprint density at radius 3 is 2.13 bits per heavy atom. The highest BCUT2D eigenvalue weighted by Crippen LogP contribution is 2.35. The summed E-state index contributed by atoms with van der Waals surface area (Å²) in [6, 6.07) is 7.86. The van der Waals surface area contributed by atoms with Crippen LogP contribution in [-0.4, -0.2) is 24.4 Å². The van der Waals surface area contributed by atoms with Crippen LogP contribution < -0.4 is 9.47 Å². The lowest BCUT2D eigenvalue weighted by molar-refractivity contribution is -0.0947. The summed E-state index contributed by atoms with van der Waals surface area (Å²) in [6.07, 6.45) is 3.64. The largest absolute Gasteiger partial charge is 0.438 e. The Morgan fingerprint density at radius 1 is 0.933 bits per heavy atom. The summed E-state index contributed by atoms with van der Waals surface area (Å²) < 4.78 is 11.5. The zero-order valence-electron chi connectivity index (χ0n) is 8.69. The second-order valence-electron chi connectivity index (χ2n) is 4.09. The molecule has 3 heteroatoms. The molecule has 2 aliphatic heterocycles. The Hall–Kier alpha value is -1.22. The second kappa shape index (κ2) is 3.74. The number of hydrogen-bond acceptors (Lipinski definition) is 3. The number of hydrogen-bond donors (Lipinski definition) is 0. The first kappa shape index (κ1) is 9.04. The molecular weight excluding hydrogens is 190 g/mol. The Morgan fingerprint density at radius 2 is 1.53 bits per heavy atom. The van der Waals surface area contributed by atoms with Crippen molar-refractivity contribution < 1.29 is 9.47 Å². The molecule has 0 aromatic heterocycles. The molecule has 3 nitrogen and oxygen atoms in total. The molecule has 0 N–H and O–H groups in total. The van der Waals surface area contributed by atoms with E-state index in [4.69, 9.17) is 9.47 Å². The molecule has 80 valence electrons. The van der Waals surface area contributed by atoms with Crippen molar-refractivity contribution in [3.63, 3.8) is 0 Å². The van der Waals surface area contributed by atoms with E-state index < -0.39 is 0 Å². The Bertz CT molecular complexity index is 322. The maximum Gasteiger partial charge on any atom is 0.305 e. The van der Waals surface area contributed by atoms with Gasteiger partial charge in [0.1, 0.15) is 0 Å². The van der Waals surface area contributed by atoms with Gasteiger partial charge < -0.3 is 9.47 Å². The van der Waals surface area contributed by atoms with Crippen LogP contribution in [0, 0.1) is 0 Å². The predicted molar refractivity (Wildman–Crippen MR) is 56.9 cm³/mol. The van der Waals surface area contributed by atoms with Gasteiger partial charge in [-0.15, -0.1) is 0 Å². The van der Waals surface area contributed by atoms with Crippen LogP contribution in [-0.2, 0) is 0 Å². The minimum atomic E-state index is -0.192. The standard InChI is InChI=1S/C12H15NO2/c1-4-8-13(9-5-1)12-14-10-6-2-3-7-11(10)15-12/h2-3,6-7,12H,1,4-5,8-9H2. The van der Waals surface area contributed by atoms with E-state index in [1.165, 1.54) is 19.3 Å². The lowest BCUT2D eigenvalue weighted by Gasteiger charge is -2.29. The van der Waals surface area contributed by atoms with Gasteiger partial charge >= 0.3 is 6.41 Å². The lowest BCUT2D eigenvalue weighted by Crippen LogP contribution is -2.44. The fourth-order valence-corrected chi connectivity index (χ4v) is 2.16. The number of likely N-dealkylation sites (tertiary alicyclic amines) is 1. The maximum absolute atomic E-state index is 5.75. The Balaban J connectivity index is 1.72. The molecule has 0 bridgehead atoms. The van der Waals surface area contributed by atoms with Crippen molar-refractivity contribution >= 4 is 0 Å². The minimum Gasteiger partial charge on any atom is -0.438 e. The quantitative estimate of drug-likeness (QED) is 0.701. The van der Waals surface area contributed by atoms with Gasteiger partial charge in [0.25, 0.3) is 0 Å². The highest BCUT2D eigenvalue weighted by atomic mass is 16.7. The van der Waals surface area contributed by atoms with Crippen LogP contribution in [0.3, 0.4) is 0 Å². The highest BCUT2D eigenvalue weighted by Gasteiger charge is 2.30. The van der Waals surface area contributed by atoms with Crippen LogP contribution in [0.25, 0.3) is 0 Å². The van der Waals surface area contributed by atoms with Crippen LogP contribution in [0.5, 0.6) is 11.5 Å². The molecule has 15 heavy (non-hydrogen) atoms. The molecule has 0 atom stereocenters. The molecule has 1 aromatic rings. The van der Waals surface area contributed by atoms with Crippen molar-refractivity contribution in [2.24, 2.45) is 0 Å². The van der Waals surface area contributed by atoms with Gasteiger partial charge in [-0.1, -0.05) is 18.6 Å². The first-order valence-electron chi connectivity index (χ1n) is 5.60. The van der Waals surface area contributed by atoms with Crippen molar-refractivity contribution in [1.29, 1.82) is 0 Å². The summed E-state index contributed by atoms with van der Waals surface area (Å²) in [5.41, 5.74) is 0. The van der Waals surface area contributed by atoms with E-state index in [0.717, 1.165) is 24.6 Å². The smallest absolute Gasteiger partial charge is 0.305 e. The number of rotatable bonds is 1. The normalized spacial score (nSPS) is 21.9. The van der Waals surface area contributed by atoms with Crippen molar-refractivity contribution in [2.45, 2.75) is 25.7 Å². The number of para-hydroxylation sites is 2. The molecule has 0 saturated carbocycles. The number of piperidine rings is 1. The molecule has 1 saturated heterocycles. The second-order valence-corrected chi connectivity index (χ2v) is 4.09. The van der Waals surface area contributed by atoms with E-state index in [1.807, 2.05) is 24.3 Å². The van der Waals surface area contributed by atoms with E-state index in [0.29, 0.717) is 0 Å². The third-order valence-corrected chi connectivity index (χ3v) is 2.99. The van der Waals surface area contributed by atoms with Gasteiger partial charge in [-0.25, -0.2) is 4.90 Å². The van der Waals surface area contributed by atoms with Gasteiger partial charge in [-0.3, -0.25) is 0 Å². The van der Waals surface area contributed by atoms with E-state index in [1.54, 1.807) is 0 Å². The predicted octanol–water partition coefficient (Wildman–Crippen LogP) is 2.23. The average Bonchev–Trinajstić information content (AvgIpc) is 2.74. The van der Waals surface area contributed by atoms with Crippen molar-refractivity contribution in [1.82, 2.24) is 4.90 Å². The van der Waals surface area contributed by atoms with Crippen LogP contribution in [0.1, 0.15) is 19.3 Å². The van der Waals surface area contributed by atoms with E-state index in [9.17, 15) is 0 Å². The summed E-state index contributed by atoms with van der Waals surface area (Å²) >= 11 is 0. The van der Waals surface area contributed by atoms with Gasteiger partial charge in [-0.2, -0.15) is 0 Å².